The average Bonchev–Trinajstić information content (AvgIpc) is 2.42. The average molecular weight is 374 g/mol. The van der Waals surface area contributed by atoms with Crippen LogP contribution in [0.1, 0.15) is 6.42 Å². The number of halogens is 3. The minimum absolute atomic E-state index is 0.0467. The van der Waals surface area contributed by atoms with Gasteiger partial charge in [0.05, 0.1) is 15.1 Å². The van der Waals surface area contributed by atoms with Crippen molar-refractivity contribution in [3.63, 3.8) is 0 Å². The van der Waals surface area contributed by atoms with Gasteiger partial charge in [0.25, 0.3) is 10.0 Å². The lowest BCUT2D eigenvalue weighted by Gasteiger charge is -2.27. The number of nitrogens with zero attached hydrogens (tertiary/aromatic N) is 2. The van der Waals surface area contributed by atoms with Crippen LogP contribution in [0.5, 0.6) is 0 Å². The first-order valence-corrected chi connectivity index (χ1v) is 9.43. The van der Waals surface area contributed by atoms with Crippen molar-refractivity contribution in [1.82, 2.24) is 4.31 Å². The number of aliphatic imine (C=N–C) groups is 1. The number of hydrogen-bond acceptors (Lipinski definition) is 4. The van der Waals surface area contributed by atoms with Crippen molar-refractivity contribution in [2.75, 3.05) is 19.3 Å². The Kier molecular flexibility index (Phi) is 5.13. The summed E-state index contributed by atoms with van der Waals surface area (Å²) in [4.78, 5) is 4.16. The fourth-order valence-corrected chi connectivity index (χ4v) is 5.15. The lowest BCUT2D eigenvalue weighted by molar-refractivity contribution is 0.506. The van der Waals surface area contributed by atoms with Crippen LogP contribution in [0.2, 0.25) is 15.1 Å². The molecule has 0 saturated heterocycles. The molecule has 0 saturated carbocycles. The maximum absolute atomic E-state index is 12.7. The molecule has 0 fully saturated rings. The monoisotopic (exact) mass is 372 g/mol. The lowest BCUT2D eigenvalue weighted by atomic mass is 10.4. The van der Waals surface area contributed by atoms with E-state index in [1.807, 2.05) is 0 Å². The van der Waals surface area contributed by atoms with Crippen LogP contribution in [-0.4, -0.2) is 37.2 Å². The highest BCUT2D eigenvalue weighted by Crippen LogP contribution is 2.34. The van der Waals surface area contributed by atoms with Crippen molar-refractivity contribution in [3.05, 3.63) is 27.2 Å². The summed E-state index contributed by atoms with van der Waals surface area (Å²) < 4.78 is 26.6. The zero-order valence-corrected chi connectivity index (χ0v) is 14.3. The van der Waals surface area contributed by atoms with Gasteiger partial charge in [0.1, 0.15) is 4.90 Å². The summed E-state index contributed by atoms with van der Waals surface area (Å²) in [6, 6.07) is 2.60. The fourth-order valence-electron chi connectivity index (χ4n) is 1.77. The van der Waals surface area contributed by atoms with E-state index in [2.05, 4.69) is 4.99 Å². The minimum atomic E-state index is -3.79. The van der Waals surface area contributed by atoms with Gasteiger partial charge in [0, 0.05) is 13.1 Å². The van der Waals surface area contributed by atoms with Crippen LogP contribution in [0.25, 0.3) is 0 Å². The molecular formula is C11H11Cl3N2O2S2. The fraction of sp³-hybridized carbons (Fsp3) is 0.364. The summed E-state index contributed by atoms with van der Waals surface area (Å²) >= 11 is 19.0. The largest absolute Gasteiger partial charge is 0.267 e. The highest BCUT2D eigenvalue weighted by atomic mass is 35.5. The van der Waals surface area contributed by atoms with Crippen LogP contribution < -0.4 is 0 Å². The van der Waals surface area contributed by atoms with E-state index in [4.69, 9.17) is 34.8 Å². The molecular weight excluding hydrogens is 363 g/mol. The van der Waals surface area contributed by atoms with E-state index in [1.165, 1.54) is 28.2 Å². The Hall–Kier alpha value is -0.140. The molecule has 0 radical (unpaired) electrons. The second-order valence-corrected chi connectivity index (χ2v) is 7.82. The molecule has 2 rings (SSSR count). The predicted molar refractivity (Wildman–Crippen MR) is 85.8 cm³/mol. The lowest BCUT2D eigenvalue weighted by Crippen LogP contribution is -2.39. The number of rotatable bonds is 2. The molecule has 0 aliphatic carbocycles. The van der Waals surface area contributed by atoms with E-state index < -0.39 is 10.0 Å². The standard InChI is InChI=1S/C11H11Cl3N2O2S2/c1-19-11-15-3-2-4-16(11)20(17,18)10-6-8(13)7(12)5-9(10)14/h5-6H,2-4H2,1H3. The second-order valence-electron chi connectivity index (χ2n) is 4.00. The highest BCUT2D eigenvalue weighted by Gasteiger charge is 2.31. The molecule has 1 aromatic carbocycles. The molecule has 0 spiro atoms. The number of sulfonamides is 1. The number of hydrogen-bond donors (Lipinski definition) is 0. The summed E-state index contributed by atoms with van der Waals surface area (Å²) in [5.74, 6) is 0. The zero-order chi connectivity index (χ0) is 14.9. The van der Waals surface area contributed by atoms with Crippen molar-refractivity contribution >= 4 is 61.8 Å². The van der Waals surface area contributed by atoms with E-state index in [0.29, 0.717) is 24.7 Å². The first-order chi connectivity index (χ1) is 9.37. The van der Waals surface area contributed by atoms with E-state index in [1.54, 1.807) is 6.26 Å². The first kappa shape index (κ1) is 16.2. The van der Waals surface area contributed by atoms with Crippen LogP contribution in [0.15, 0.2) is 22.0 Å². The normalized spacial score (nSPS) is 16.2. The predicted octanol–water partition coefficient (Wildman–Crippen LogP) is 3.76. The van der Waals surface area contributed by atoms with Gasteiger partial charge in [0.2, 0.25) is 0 Å². The summed E-state index contributed by atoms with van der Waals surface area (Å²) in [7, 11) is -3.79. The maximum atomic E-state index is 12.7. The molecule has 0 N–H and O–H groups in total. The Morgan fingerprint density at radius 1 is 1.20 bits per heavy atom. The van der Waals surface area contributed by atoms with Gasteiger partial charge in [0.15, 0.2) is 5.17 Å². The van der Waals surface area contributed by atoms with Crippen molar-refractivity contribution in [1.29, 1.82) is 0 Å². The third-order valence-corrected chi connectivity index (χ3v) is 6.51. The van der Waals surface area contributed by atoms with Crippen molar-refractivity contribution in [2.24, 2.45) is 4.99 Å². The Bertz CT molecular complexity index is 662. The van der Waals surface area contributed by atoms with Gasteiger partial charge in [-0.2, -0.15) is 0 Å². The van der Waals surface area contributed by atoms with Gasteiger partial charge in [-0.1, -0.05) is 46.6 Å². The third-order valence-electron chi connectivity index (χ3n) is 2.71. The topological polar surface area (TPSA) is 49.7 Å². The molecule has 1 aromatic rings. The van der Waals surface area contributed by atoms with Crippen molar-refractivity contribution < 1.29 is 8.42 Å². The van der Waals surface area contributed by atoms with E-state index in [-0.39, 0.29) is 20.0 Å². The molecule has 20 heavy (non-hydrogen) atoms. The van der Waals surface area contributed by atoms with Gasteiger partial charge >= 0.3 is 0 Å². The quantitative estimate of drug-likeness (QED) is 0.742. The van der Waals surface area contributed by atoms with Gasteiger partial charge in [-0.25, -0.2) is 12.7 Å². The van der Waals surface area contributed by atoms with Crippen LogP contribution in [-0.2, 0) is 10.0 Å². The van der Waals surface area contributed by atoms with Crippen molar-refractivity contribution in [3.8, 4) is 0 Å². The second kappa shape index (κ2) is 6.32. The smallest absolute Gasteiger partial charge is 0.262 e. The molecule has 1 aliphatic rings. The van der Waals surface area contributed by atoms with E-state index in [0.717, 1.165) is 0 Å². The van der Waals surface area contributed by atoms with Gasteiger partial charge in [-0.15, -0.1) is 0 Å². The Morgan fingerprint density at radius 2 is 1.85 bits per heavy atom. The number of thioether (sulfide) groups is 1. The number of amidine groups is 1. The van der Waals surface area contributed by atoms with E-state index >= 15 is 0 Å². The molecule has 0 aromatic heterocycles. The summed E-state index contributed by atoms with van der Waals surface area (Å²) in [5.41, 5.74) is 0. The molecule has 9 heteroatoms. The molecule has 4 nitrogen and oxygen atoms in total. The molecule has 0 amide bonds. The first-order valence-electron chi connectivity index (χ1n) is 5.63. The maximum Gasteiger partial charge on any atom is 0.267 e. The highest BCUT2D eigenvalue weighted by molar-refractivity contribution is 8.14. The van der Waals surface area contributed by atoms with Gasteiger partial charge in [-0.05, 0) is 24.8 Å². The molecule has 0 bridgehead atoms. The molecule has 1 heterocycles. The molecule has 110 valence electrons. The number of benzene rings is 1. The molecule has 0 atom stereocenters. The summed E-state index contributed by atoms with van der Waals surface area (Å²) in [5, 5.41) is 0.867. The van der Waals surface area contributed by atoms with Gasteiger partial charge in [-0.3, -0.25) is 4.99 Å². The molecule has 0 unspecified atom stereocenters. The summed E-state index contributed by atoms with van der Waals surface area (Å²) in [6.07, 6.45) is 2.45. The van der Waals surface area contributed by atoms with E-state index in [9.17, 15) is 8.42 Å². The van der Waals surface area contributed by atoms with Gasteiger partial charge < -0.3 is 0 Å². The van der Waals surface area contributed by atoms with Crippen LogP contribution in [0.4, 0.5) is 0 Å². The van der Waals surface area contributed by atoms with Crippen LogP contribution in [0, 0.1) is 0 Å². The zero-order valence-electron chi connectivity index (χ0n) is 10.4. The van der Waals surface area contributed by atoms with Crippen molar-refractivity contribution in [2.45, 2.75) is 11.3 Å². The third kappa shape index (κ3) is 3.04. The summed E-state index contributed by atoms with van der Waals surface area (Å²) in [6.45, 7) is 0.996. The molecule has 1 aliphatic heterocycles. The Balaban J connectivity index is 2.53. The Labute approximate surface area is 137 Å². The van der Waals surface area contributed by atoms with Crippen LogP contribution in [0.3, 0.4) is 0 Å². The SMILES string of the molecule is CSC1=NCCCN1S(=O)(=O)c1cc(Cl)c(Cl)cc1Cl. The Morgan fingerprint density at radius 3 is 2.50 bits per heavy atom. The minimum Gasteiger partial charge on any atom is -0.262 e. The van der Waals surface area contributed by atoms with Crippen LogP contribution >= 0.6 is 46.6 Å².